The van der Waals surface area contributed by atoms with Crippen LogP contribution in [0.3, 0.4) is 0 Å². The highest BCUT2D eigenvalue weighted by atomic mass is 35.5. The maximum absolute atomic E-state index is 12.9. The molecule has 2 bridgehead atoms. The Labute approximate surface area is 134 Å². The van der Waals surface area contributed by atoms with E-state index in [9.17, 15) is 9.59 Å². The minimum absolute atomic E-state index is 0.0731. The number of hydrogen-bond donors (Lipinski definition) is 0. The number of rotatable bonds is 1. The smallest absolute Gasteiger partial charge is 0.238 e. The average molecular weight is 314 g/mol. The van der Waals surface area contributed by atoms with Gasteiger partial charge in [0.1, 0.15) is 0 Å². The molecule has 3 nitrogen and oxygen atoms in total. The van der Waals surface area contributed by atoms with E-state index in [0.717, 1.165) is 0 Å². The number of nitrogens with zero attached hydrogens (tertiary/aromatic N) is 1. The maximum Gasteiger partial charge on any atom is 0.238 e. The first kappa shape index (κ1) is 13.8. The van der Waals surface area contributed by atoms with Gasteiger partial charge in [0.25, 0.3) is 0 Å². The van der Waals surface area contributed by atoms with Gasteiger partial charge in [-0.1, -0.05) is 47.0 Å². The third-order valence-corrected chi connectivity index (χ3v) is 5.41. The van der Waals surface area contributed by atoms with Crippen LogP contribution < -0.4 is 4.90 Å². The monoisotopic (exact) mass is 313 g/mol. The number of carbonyl (C=O) groups excluding carboxylic acids is 2. The van der Waals surface area contributed by atoms with E-state index in [1.54, 1.807) is 24.3 Å². The lowest BCUT2D eigenvalue weighted by Crippen LogP contribution is -2.33. The predicted molar refractivity (Wildman–Crippen MR) is 85.4 cm³/mol. The SMILES string of the molecule is CC(C)=C1[C@@H]2C=C[C@@H]1[C@@H]1C(=O)N(c3ccccc3Cl)C(=O)[C@H]12. The number of anilines is 1. The van der Waals surface area contributed by atoms with E-state index < -0.39 is 0 Å². The molecule has 4 heteroatoms. The third-order valence-electron chi connectivity index (χ3n) is 5.09. The molecule has 0 spiro atoms. The van der Waals surface area contributed by atoms with Crippen LogP contribution in [0.4, 0.5) is 5.69 Å². The summed E-state index contributed by atoms with van der Waals surface area (Å²) in [6, 6.07) is 7.03. The quantitative estimate of drug-likeness (QED) is 0.587. The van der Waals surface area contributed by atoms with Crippen molar-refractivity contribution in [3.63, 3.8) is 0 Å². The molecular formula is C18H16ClNO2. The van der Waals surface area contributed by atoms with Crippen molar-refractivity contribution in [3.8, 4) is 0 Å². The summed E-state index contributed by atoms with van der Waals surface area (Å²) in [6.07, 6.45) is 4.19. The molecule has 2 aliphatic carbocycles. The molecule has 2 amide bonds. The number of amides is 2. The molecule has 1 saturated heterocycles. The molecule has 2 fully saturated rings. The van der Waals surface area contributed by atoms with Crippen molar-refractivity contribution in [1.82, 2.24) is 0 Å². The lowest BCUT2D eigenvalue weighted by atomic mass is 9.85. The fraction of sp³-hybridized carbons (Fsp3) is 0.333. The first-order valence-corrected chi connectivity index (χ1v) is 7.88. The van der Waals surface area contributed by atoms with Crippen molar-refractivity contribution in [1.29, 1.82) is 0 Å². The summed E-state index contributed by atoms with van der Waals surface area (Å²) in [5, 5.41) is 0.437. The molecule has 1 aliphatic heterocycles. The molecule has 112 valence electrons. The minimum atomic E-state index is -0.260. The molecule has 3 aliphatic rings. The summed E-state index contributed by atoms with van der Waals surface area (Å²) in [7, 11) is 0. The zero-order valence-electron chi connectivity index (χ0n) is 12.4. The number of carbonyl (C=O) groups is 2. The zero-order chi connectivity index (χ0) is 15.6. The molecule has 4 atom stereocenters. The Morgan fingerprint density at radius 2 is 1.55 bits per heavy atom. The zero-order valence-corrected chi connectivity index (χ0v) is 13.2. The number of imide groups is 1. The van der Waals surface area contributed by atoms with Gasteiger partial charge in [0.2, 0.25) is 11.8 Å². The highest BCUT2D eigenvalue weighted by Gasteiger charge is 2.62. The lowest BCUT2D eigenvalue weighted by Gasteiger charge is -2.20. The van der Waals surface area contributed by atoms with Gasteiger partial charge in [-0.2, -0.15) is 0 Å². The Bertz CT molecular complexity index is 726. The van der Waals surface area contributed by atoms with Crippen LogP contribution in [-0.4, -0.2) is 11.8 Å². The van der Waals surface area contributed by atoms with Crippen molar-refractivity contribution in [2.45, 2.75) is 13.8 Å². The van der Waals surface area contributed by atoms with Crippen molar-refractivity contribution in [2.24, 2.45) is 23.7 Å². The predicted octanol–water partition coefficient (Wildman–Crippen LogP) is 3.60. The van der Waals surface area contributed by atoms with E-state index >= 15 is 0 Å². The van der Waals surface area contributed by atoms with Gasteiger partial charge in [-0.25, -0.2) is 4.90 Å². The number of benzene rings is 1. The molecule has 4 rings (SSSR count). The number of hydrogen-bond acceptors (Lipinski definition) is 2. The molecule has 22 heavy (non-hydrogen) atoms. The Kier molecular flexibility index (Phi) is 2.85. The summed E-state index contributed by atoms with van der Waals surface area (Å²) < 4.78 is 0. The average Bonchev–Trinajstić information content (AvgIpc) is 3.11. The topological polar surface area (TPSA) is 37.4 Å². The molecule has 1 aromatic carbocycles. The van der Waals surface area contributed by atoms with E-state index in [4.69, 9.17) is 11.6 Å². The van der Waals surface area contributed by atoms with Gasteiger partial charge in [-0.3, -0.25) is 9.59 Å². The van der Waals surface area contributed by atoms with Crippen LogP contribution in [0.25, 0.3) is 0 Å². The summed E-state index contributed by atoms with van der Waals surface area (Å²) >= 11 is 6.19. The van der Waals surface area contributed by atoms with Crippen molar-refractivity contribution in [3.05, 3.63) is 52.6 Å². The van der Waals surface area contributed by atoms with Crippen molar-refractivity contribution >= 4 is 29.1 Å². The van der Waals surface area contributed by atoms with E-state index in [1.165, 1.54) is 16.0 Å². The first-order chi connectivity index (χ1) is 10.5. The number of allylic oxidation sites excluding steroid dienone is 4. The minimum Gasteiger partial charge on any atom is -0.274 e. The van der Waals surface area contributed by atoms with Crippen LogP contribution >= 0.6 is 11.6 Å². The number of halogens is 1. The van der Waals surface area contributed by atoms with Crippen molar-refractivity contribution < 1.29 is 9.59 Å². The molecule has 1 aromatic rings. The molecule has 0 aromatic heterocycles. The highest BCUT2D eigenvalue weighted by molar-refractivity contribution is 6.36. The van der Waals surface area contributed by atoms with Crippen LogP contribution in [0.5, 0.6) is 0 Å². The second kappa shape index (κ2) is 4.56. The lowest BCUT2D eigenvalue weighted by molar-refractivity contribution is -0.122. The fourth-order valence-electron chi connectivity index (χ4n) is 4.30. The summed E-state index contributed by atoms with van der Waals surface area (Å²) in [5.41, 5.74) is 2.99. The van der Waals surface area contributed by atoms with Crippen LogP contribution in [0, 0.1) is 23.7 Å². The normalized spacial score (nSPS) is 32.1. The summed E-state index contributed by atoms with van der Waals surface area (Å²) in [6.45, 7) is 4.12. The highest BCUT2D eigenvalue weighted by Crippen LogP contribution is 2.57. The Morgan fingerprint density at radius 3 is 2.05 bits per heavy atom. The Hall–Kier alpha value is -1.87. The standard InChI is InChI=1S/C18H16ClNO2/c1-9(2)14-10-7-8-11(14)16-15(10)17(21)20(18(16)22)13-6-4-3-5-12(13)19/h3-8,10-11,15-16H,1-2H3/t10-,11-,15-,16-/m0/s1. The number of fused-ring (bicyclic) bond motifs is 5. The maximum atomic E-state index is 12.9. The van der Waals surface area contributed by atoms with Crippen LogP contribution in [-0.2, 0) is 9.59 Å². The Balaban J connectivity index is 1.80. The van der Waals surface area contributed by atoms with E-state index in [0.29, 0.717) is 10.7 Å². The molecular weight excluding hydrogens is 298 g/mol. The van der Waals surface area contributed by atoms with Gasteiger partial charge in [-0.05, 0) is 26.0 Å². The van der Waals surface area contributed by atoms with Crippen LogP contribution in [0.1, 0.15) is 13.8 Å². The van der Waals surface area contributed by atoms with Crippen LogP contribution in [0.2, 0.25) is 5.02 Å². The second-order valence-corrected chi connectivity index (χ2v) is 6.81. The second-order valence-electron chi connectivity index (χ2n) is 6.41. The van der Waals surface area contributed by atoms with Gasteiger partial charge in [0, 0.05) is 11.8 Å². The first-order valence-electron chi connectivity index (χ1n) is 7.50. The molecule has 0 N–H and O–H groups in total. The van der Waals surface area contributed by atoms with Gasteiger partial charge in [0.15, 0.2) is 0 Å². The van der Waals surface area contributed by atoms with E-state index in [-0.39, 0.29) is 35.5 Å². The van der Waals surface area contributed by atoms with E-state index in [1.807, 2.05) is 0 Å². The molecule has 1 saturated carbocycles. The summed E-state index contributed by atoms with van der Waals surface area (Å²) in [4.78, 5) is 27.1. The van der Waals surface area contributed by atoms with Gasteiger partial charge < -0.3 is 0 Å². The van der Waals surface area contributed by atoms with Gasteiger partial charge in [0.05, 0.1) is 22.5 Å². The fourth-order valence-corrected chi connectivity index (χ4v) is 4.52. The largest absolute Gasteiger partial charge is 0.274 e. The van der Waals surface area contributed by atoms with Crippen LogP contribution in [0.15, 0.2) is 47.6 Å². The van der Waals surface area contributed by atoms with Gasteiger partial charge in [-0.15, -0.1) is 0 Å². The van der Waals surface area contributed by atoms with E-state index in [2.05, 4.69) is 26.0 Å². The summed E-state index contributed by atoms with van der Waals surface area (Å²) in [5.74, 6) is -0.599. The molecule has 0 radical (unpaired) electrons. The van der Waals surface area contributed by atoms with Crippen molar-refractivity contribution in [2.75, 3.05) is 4.90 Å². The molecule has 1 heterocycles. The number of para-hydroxylation sites is 1. The Morgan fingerprint density at radius 1 is 1.00 bits per heavy atom. The van der Waals surface area contributed by atoms with Gasteiger partial charge >= 0.3 is 0 Å². The molecule has 0 unspecified atom stereocenters. The third kappa shape index (κ3) is 1.57.